The third kappa shape index (κ3) is 14.4. The normalized spacial score (nSPS) is 34.7. The molecule has 2 aromatic carbocycles. The highest BCUT2D eigenvalue weighted by Crippen LogP contribution is 2.42. The SMILES string of the molecule is CC(=O)NC1C(O[C@@H](CC2CCCCC2)C(=O)O)[C@@H](O)C(CO)O[C@H]1O[C@@H]1CC(C(=O)NCCO[C@H]2OC(CO)[C@@H](O)C(n3cc(-c4cccc(F)c4)nn3)C2O)CC(n2cc(-c3cccc(F)c3)nn2)C1O[C@@H]1OC(C)[C@@H](O)C(O)C1O. The van der Waals surface area contributed by atoms with E-state index in [0.29, 0.717) is 11.1 Å². The topological polar surface area (TPSA) is 383 Å². The second-order valence-corrected chi connectivity index (χ2v) is 21.8. The molecule has 3 aliphatic heterocycles. The van der Waals surface area contributed by atoms with Crippen LogP contribution in [0.3, 0.4) is 0 Å². The first-order valence-corrected chi connectivity index (χ1v) is 27.8. The van der Waals surface area contributed by atoms with Crippen LogP contribution in [0.1, 0.15) is 77.3 Å². The lowest BCUT2D eigenvalue weighted by molar-refractivity contribution is -0.337. The molecule has 5 fully saturated rings. The van der Waals surface area contributed by atoms with E-state index in [1.807, 2.05) is 0 Å². The first-order chi connectivity index (χ1) is 39.8. The van der Waals surface area contributed by atoms with Crippen molar-refractivity contribution in [1.82, 2.24) is 40.6 Å². The maximum Gasteiger partial charge on any atom is 0.332 e. The van der Waals surface area contributed by atoms with Gasteiger partial charge >= 0.3 is 5.97 Å². The summed E-state index contributed by atoms with van der Waals surface area (Å²) in [5.41, 5.74) is 1.07. The Kier molecular flexibility index (Phi) is 20.6. The molecule has 83 heavy (non-hydrogen) atoms. The third-order valence-electron chi connectivity index (χ3n) is 16.1. The van der Waals surface area contributed by atoms with Gasteiger partial charge in [0.1, 0.15) is 96.1 Å². The minimum absolute atomic E-state index is 0.0203. The molecule has 2 amide bonds. The van der Waals surface area contributed by atoms with Crippen molar-refractivity contribution in [1.29, 1.82) is 0 Å². The Morgan fingerprint density at radius 1 is 0.735 bits per heavy atom. The van der Waals surface area contributed by atoms with E-state index < -0.39 is 165 Å². The molecular weight excluding hydrogens is 1100 g/mol. The molecular formula is C54H72F2N8O19. The van der Waals surface area contributed by atoms with Gasteiger partial charge in [-0.05, 0) is 56.4 Å². The number of carbonyl (C=O) groups excluding carboxylic acids is 2. The lowest BCUT2D eigenvalue weighted by atomic mass is 9.80. The molecule has 3 saturated heterocycles. The van der Waals surface area contributed by atoms with Gasteiger partial charge in [0.15, 0.2) is 25.0 Å². The second kappa shape index (κ2) is 27.6. The number of aliphatic hydroxyl groups is 8. The number of carboxylic acid groups (broad SMARTS) is 1. The summed E-state index contributed by atoms with van der Waals surface area (Å²) < 4.78 is 74.4. The summed E-state index contributed by atoms with van der Waals surface area (Å²) >= 11 is 0. The number of ether oxygens (including phenoxy) is 7. The van der Waals surface area contributed by atoms with Gasteiger partial charge in [-0.1, -0.05) is 66.8 Å². The van der Waals surface area contributed by atoms with Crippen LogP contribution in [0, 0.1) is 23.5 Å². The van der Waals surface area contributed by atoms with E-state index in [2.05, 4.69) is 31.3 Å². The summed E-state index contributed by atoms with van der Waals surface area (Å²) in [5, 5.41) is 121. The number of carboxylic acids is 1. The number of rotatable bonds is 21. The van der Waals surface area contributed by atoms with E-state index in [4.69, 9.17) is 33.2 Å². The Hall–Kier alpha value is -5.61. The van der Waals surface area contributed by atoms with E-state index in [-0.39, 0.29) is 49.7 Å². The molecule has 27 nitrogen and oxygen atoms in total. The monoisotopic (exact) mass is 1170 g/mol. The van der Waals surface area contributed by atoms with Gasteiger partial charge < -0.3 is 89.8 Å². The molecule has 9 rings (SSSR count). The first-order valence-electron chi connectivity index (χ1n) is 27.8. The molecule has 5 heterocycles. The summed E-state index contributed by atoms with van der Waals surface area (Å²) in [6.07, 6.45) is -18.1. The zero-order valence-corrected chi connectivity index (χ0v) is 45.4. The number of amides is 2. The number of nitrogens with zero attached hydrogens (tertiary/aromatic N) is 6. The van der Waals surface area contributed by atoms with Gasteiger partial charge in [0.05, 0.1) is 50.5 Å². The fourth-order valence-corrected chi connectivity index (χ4v) is 11.7. The van der Waals surface area contributed by atoms with Crippen molar-refractivity contribution < 1.29 is 102 Å². The predicted molar refractivity (Wildman–Crippen MR) is 277 cm³/mol. The Labute approximate surface area is 474 Å². The van der Waals surface area contributed by atoms with Crippen LogP contribution in [0.5, 0.6) is 0 Å². The number of aliphatic carboxylic acids is 1. The zero-order chi connectivity index (χ0) is 59.2. The molecule has 4 aromatic rings. The average Bonchev–Trinajstić information content (AvgIpc) is 4.35. The van der Waals surface area contributed by atoms with Crippen LogP contribution in [-0.4, -0.2) is 224 Å². The summed E-state index contributed by atoms with van der Waals surface area (Å²) in [5.74, 6) is -4.87. The standard InChI is InChI=1S/C54H72F2N8O19/c1-25-42(68)46(72)47(73)54(78-25)83-48-35(63-21-33(59-61-63)28-10-6-12-31(55)17-28)19-30(20-36(48)80-52-40(58-26(2)67)49(44(70)39(24-66)81-52)79-37(51(75)76)16-27-8-4-3-5-9-27)50(74)57-14-15-77-53-45(71)41(43(69)38(23-65)82-53)64-22-34(60-62-64)29-11-7-13-32(56)18-29/h6-7,10-13,17-18,21-22,25,27,30,35-49,52-54,65-66,68-73H,3-5,8-9,14-16,19-20,23-24H2,1-2H3,(H,57,74)(H,58,67)(H,75,76)/t25?,30?,35?,36-,37+,38?,39?,40?,41?,42-,43-,44+,45?,46?,47?,48?,49?,52-,53+,54+/m1/s1. The summed E-state index contributed by atoms with van der Waals surface area (Å²) in [7, 11) is 0. The first kappa shape index (κ1) is 61.9. The number of aromatic nitrogens is 6. The van der Waals surface area contributed by atoms with Crippen molar-refractivity contribution in [2.75, 3.05) is 26.4 Å². The van der Waals surface area contributed by atoms with Gasteiger partial charge in [-0.2, -0.15) is 0 Å². The number of nitrogens with one attached hydrogen (secondary N) is 2. The number of hydrogen-bond acceptors (Lipinski definition) is 22. The van der Waals surface area contributed by atoms with Crippen molar-refractivity contribution >= 4 is 17.8 Å². The van der Waals surface area contributed by atoms with Gasteiger partial charge in [0, 0.05) is 30.5 Å². The Morgan fingerprint density at radius 3 is 1.99 bits per heavy atom. The molecule has 2 aromatic heterocycles. The minimum atomic E-state index is -1.88. The number of benzene rings is 2. The number of halogens is 2. The molecule has 11 N–H and O–H groups in total. The van der Waals surface area contributed by atoms with Crippen LogP contribution in [0.25, 0.3) is 22.5 Å². The number of carbonyl (C=O) groups is 3. The van der Waals surface area contributed by atoms with Crippen molar-refractivity contribution in [2.45, 2.75) is 182 Å². The van der Waals surface area contributed by atoms with Crippen LogP contribution in [-0.2, 0) is 47.5 Å². The second-order valence-electron chi connectivity index (χ2n) is 21.8. The highest BCUT2D eigenvalue weighted by atomic mass is 19.1. The Balaban J connectivity index is 1.00. The maximum atomic E-state index is 14.6. The summed E-state index contributed by atoms with van der Waals surface area (Å²) in [6, 6.07) is 7.07. The van der Waals surface area contributed by atoms with Crippen molar-refractivity contribution in [3.05, 3.63) is 72.6 Å². The maximum absolute atomic E-state index is 14.6. The fraction of sp³-hybridized carbons (Fsp3) is 0.648. The molecule has 0 bridgehead atoms. The Morgan fingerprint density at radius 2 is 1.36 bits per heavy atom. The van der Waals surface area contributed by atoms with Crippen molar-refractivity contribution in [3.63, 3.8) is 0 Å². The number of aliphatic hydroxyl groups excluding tert-OH is 8. The lowest BCUT2D eigenvalue weighted by Gasteiger charge is -2.49. The van der Waals surface area contributed by atoms with Gasteiger partial charge in [-0.15, -0.1) is 10.2 Å². The quantitative estimate of drug-likeness (QED) is 0.0457. The third-order valence-corrected chi connectivity index (χ3v) is 16.1. The minimum Gasteiger partial charge on any atom is -0.479 e. The van der Waals surface area contributed by atoms with Crippen LogP contribution >= 0.6 is 0 Å². The van der Waals surface area contributed by atoms with E-state index in [1.165, 1.54) is 60.4 Å². The average molecular weight is 1180 g/mol. The van der Waals surface area contributed by atoms with E-state index in [9.17, 15) is 69.1 Å². The number of hydrogen-bond donors (Lipinski definition) is 11. The largest absolute Gasteiger partial charge is 0.479 e. The van der Waals surface area contributed by atoms with E-state index in [0.717, 1.165) is 43.7 Å². The Bertz CT molecular complexity index is 2800. The van der Waals surface area contributed by atoms with Crippen LogP contribution in [0.2, 0.25) is 0 Å². The summed E-state index contributed by atoms with van der Waals surface area (Å²) in [6.45, 7) is 0.456. The molecule has 456 valence electrons. The lowest BCUT2D eigenvalue weighted by Crippen LogP contribution is -2.67. The van der Waals surface area contributed by atoms with Crippen LogP contribution in [0.4, 0.5) is 8.78 Å². The molecule has 2 saturated carbocycles. The predicted octanol–water partition coefficient (Wildman–Crippen LogP) is -0.764. The van der Waals surface area contributed by atoms with Gasteiger partial charge in [-0.25, -0.2) is 22.9 Å². The molecule has 20 atom stereocenters. The van der Waals surface area contributed by atoms with Gasteiger partial charge in [0.25, 0.3) is 0 Å². The molecule has 0 spiro atoms. The highest BCUT2D eigenvalue weighted by molar-refractivity contribution is 5.79. The van der Waals surface area contributed by atoms with Crippen molar-refractivity contribution in [2.24, 2.45) is 11.8 Å². The fourth-order valence-electron chi connectivity index (χ4n) is 11.7. The molecule has 29 heteroatoms. The van der Waals surface area contributed by atoms with E-state index in [1.54, 1.807) is 12.1 Å². The molecule has 2 aliphatic carbocycles. The van der Waals surface area contributed by atoms with E-state index >= 15 is 0 Å². The van der Waals surface area contributed by atoms with Gasteiger partial charge in [0.2, 0.25) is 11.8 Å². The molecule has 5 aliphatic rings. The van der Waals surface area contributed by atoms with Crippen LogP contribution < -0.4 is 10.6 Å². The zero-order valence-electron chi connectivity index (χ0n) is 45.4. The van der Waals surface area contributed by atoms with Crippen LogP contribution in [0.15, 0.2) is 60.9 Å². The molecule has 0 radical (unpaired) electrons. The van der Waals surface area contributed by atoms with Crippen molar-refractivity contribution in [3.8, 4) is 22.5 Å². The van der Waals surface area contributed by atoms with Gasteiger partial charge in [-0.3, -0.25) is 9.59 Å². The smallest absolute Gasteiger partial charge is 0.332 e. The summed E-state index contributed by atoms with van der Waals surface area (Å²) in [4.78, 5) is 40.6. The highest BCUT2D eigenvalue weighted by Gasteiger charge is 2.54. The molecule has 12 unspecified atom stereocenters.